The fourth-order valence-electron chi connectivity index (χ4n) is 2.83. The van der Waals surface area contributed by atoms with Gasteiger partial charge in [0.1, 0.15) is 16.7 Å². The summed E-state index contributed by atoms with van der Waals surface area (Å²) in [4.78, 5) is 48.5. The third-order valence-corrected chi connectivity index (χ3v) is 5.20. The highest BCUT2D eigenvalue weighted by molar-refractivity contribution is 8.15. The Balaban J connectivity index is 1.71. The van der Waals surface area contributed by atoms with Gasteiger partial charge in [-0.1, -0.05) is 12.1 Å². The van der Waals surface area contributed by atoms with E-state index in [0.29, 0.717) is 18.0 Å². The van der Waals surface area contributed by atoms with Gasteiger partial charge in [0.25, 0.3) is 10.9 Å². The molecule has 1 unspecified atom stereocenters. The number of aromatic hydroxyl groups is 1. The molecule has 2 aromatic carbocycles. The summed E-state index contributed by atoms with van der Waals surface area (Å²) in [5, 5.41) is 21.5. The summed E-state index contributed by atoms with van der Waals surface area (Å²) < 4.78 is 5.47. The van der Waals surface area contributed by atoms with Crippen molar-refractivity contribution in [3.63, 3.8) is 0 Å². The van der Waals surface area contributed by atoms with Crippen LogP contribution in [0.3, 0.4) is 0 Å². The second-order valence-corrected chi connectivity index (χ2v) is 7.31. The van der Waals surface area contributed by atoms with Crippen molar-refractivity contribution in [3.05, 3.63) is 52.6 Å². The number of phenols is 1. The van der Waals surface area contributed by atoms with Gasteiger partial charge in [-0.3, -0.25) is 24.5 Å². The van der Waals surface area contributed by atoms with E-state index in [9.17, 15) is 29.6 Å². The van der Waals surface area contributed by atoms with E-state index in [-0.39, 0.29) is 17.8 Å². The molecule has 0 aromatic heterocycles. The van der Waals surface area contributed by atoms with E-state index in [1.54, 1.807) is 31.2 Å². The number of nitro groups is 1. The van der Waals surface area contributed by atoms with Gasteiger partial charge in [-0.05, 0) is 36.9 Å². The molecular formula is C19H17N3O7S. The highest BCUT2D eigenvalue weighted by Crippen LogP contribution is 2.38. The van der Waals surface area contributed by atoms with E-state index in [4.69, 9.17) is 4.74 Å². The minimum Gasteiger partial charge on any atom is -0.506 e. The number of nitro benzene ring substituents is 1. The van der Waals surface area contributed by atoms with Crippen molar-refractivity contribution in [2.75, 3.05) is 16.8 Å². The van der Waals surface area contributed by atoms with Crippen LogP contribution in [-0.4, -0.2) is 38.9 Å². The number of imide groups is 1. The predicted molar refractivity (Wildman–Crippen MR) is 110 cm³/mol. The van der Waals surface area contributed by atoms with Crippen LogP contribution >= 0.6 is 11.8 Å². The second kappa shape index (κ2) is 8.82. The molecule has 0 spiro atoms. The summed E-state index contributed by atoms with van der Waals surface area (Å²) in [5.74, 6) is -1.28. The largest absolute Gasteiger partial charge is 0.506 e. The highest BCUT2D eigenvalue weighted by Gasteiger charge is 2.42. The van der Waals surface area contributed by atoms with Crippen LogP contribution in [0, 0.1) is 10.1 Å². The molecule has 1 atom stereocenters. The van der Waals surface area contributed by atoms with Crippen LogP contribution in [0.1, 0.15) is 13.3 Å². The molecule has 1 saturated heterocycles. The number of anilines is 2. The predicted octanol–water partition coefficient (Wildman–Crippen LogP) is 3.30. The molecule has 0 bridgehead atoms. The average molecular weight is 431 g/mol. The zero-order valence-corrected chi connectivity index (χ0v) is 16.5. The number of amides is 3. The van der Waals surface area contributed by atoms with Crippen LogP contribution in [0.15, 0.2) is 42.5 Å². The van der Waals surface area contributed by atoms with E-state index >= 15 is 0 Å². The van der Waals surface area contributed by atoms with Gasteiger partial charge in [0.05, 0.1) is 29.0 Å². The van der Waals surface area contributed by atoms with E-state index in [2.05, 4.69) is 5.32 Å². The number of para-hydroxylation sites is 2. The Morgan fingerprint density at radius 1 is 1.30 bits per heavy atom. The molecule has 0 aliphatic carbocycles. The van der Waals surface area contributed by atoms with Crippen LogP contribution in [0.5, 0.6) is 11.5 Å². The van der Waals surface area contributed by atoms with Crippen LogP contribution < -0.4 is 15.0 Å². The summed E-state index contributed by atoms with van der Waals surface area (Å²) in [5.41, 5.74) is -0.0649. The van der Waals surface area contributed by atoms with Crippen LogP contribution in [0.4, 0.5) is 21.9 Å². The third-order valence-electron chi connectivity index (χ3n) is 4.16. The first-order valence-corrected chi connectivity index (χ1v) is 9.73. The van der Waals surface area contributed by atoms with Crippen molar-refractivity contribution in [2.24, 2.45) is 0 Å². The molecule has 1 fully saturated rings. The number of ether oxygens (including phenoxy) is 1. The Kier molecular flexibility index (Phi) is 6.21. The lowest BCUT2D eigenvalue weighted by Crippen LogP contribution is -2.33. The molecule has 0 radical (unpaired) electrons. The van der Waals surface area contributed by atoms with Crippen molar-refractivity contribution in [3.8, 4) is 11.5 Å². The Hall–Kier alpha value is -3.60. The molecule has 1 heterocycles. The van der Waals surface area contributed by atoms with Gasteiger partial charge < -0.3 is 15.2 Å². The Morgan fingerprint density at radius 2 is 2.03 bits per heavy atom. The molecule has 0 saturated carbocycles. The van der Waals surface area contributed by atoms with Crippen LogP contribution in [-0.2, 0) is 9.59 Å². The molecule has 1 aliphatic heterocycles. The Morgan fingerprint density at radius 3 is 2.70 bits per heavy atom. The molecule has 11 heteroatoms. The number of thioether (sulfide) groups is 1. The van der Waals surface area contributed by atoms with Crippen LogP contribution in [0.25, 0.3) is 0 Å². The summed E-state index contributed by atoms with van der Waals surface area (Å²) in [7, 11) is 0. The van der Waals surface area contributed by atoms with Gasteiger partial charge in [-0.2, -0.15) is 0 Å². The second-order valence-electron chi connectivity index (χ2n) is 6.16. The number of nitrogens with zero attached hydrogens (tertiary/aromatic N) is 2. The summed E-state index contributed by atoms with van der Waals surface area (Å²) in [6, 6.07) is 9.82. The Labute approximate surface area is 175 Å². The van der Waals surface area contributed by atoms with Crippen molar-refractivity contribution >= 4 is 45.9 Å². The minimum atomic E-state index is -0.952. The molecule has 1 aliphatic rings. The molecule has 156 valence electrons. The van der Waals surface area contributed by atoms with Crippen molar-refractivity contribution < 1.29 is 29.2 Å². The summed E-state index contributed by atoms with van der Waals surface area (Å²) in [6.45, 7) is 2.13. The van der Waals surface area contributed by atoms with E-state index in [0.717, 1.165) is 28.8 Å². The van der Waals surface area contributed by atoms with Gasteiger partial charge in [-0.15, -0.1) is 0 Å². The van der Waals surface area contributed by atoms with Gasteiger partial charge in [0.15, 0.2) is 0 Å². The highest BCUT2D eigenvalue weighted by atomic mass is 32.2. The number of phenolic OH excluding ortho intramolecular Hbond substituents is 1. The molecule has 2 N–H and O–H groups in total. The van der Waals surface area contributed by atoms with Crippen LogP contribution in [0.2, 0.25) is 0 Å². The first-order valence-electron chi connectivity index (χ1n) is 8.85. The first-order chi connectivity index (χ1) is 14.3. The lowest BCUT2D eigenvalue weighted by Gasteiger charge is -2.17. The fourth-order valence-corrected chi connectivity index (χ4v) is 3.81. The maximum absolute atomic E-state index is 12.8. The lowest BCUT2D eigenvalue weighted by molar-refractivity contribution is -0.384. The molecular weight excluding hydrogens is 414 g/mol. The molecule has 2 aromatic rings. The average Bonchev–Trinajstić information content (AvgIpc) is 2.97. The number of carbonyl (C=O) groups is 3. The minimum absolute atomic E-state index is 0.0362. The molecule has 10 nitrogen and oxygen atoms in total. The maximum Gasteiger partial charge on any atom is 0.293 e. The first kappa shape index (κ1) is 21.1. The maximum atomic E-state index is 12.8. The zero-order chi connectivity index (χ0) is 21.8. The topological polar surface area (TPSA) is 139 Å². The molecule has 3 amide bonds. The molecule has 30 heavy (non-hydrogen) atoms. The number of hydrogen-bond acceptors (Lipinski definition) is 8. The smallest absolute Gasteiger partial charge is 0.293 e. The summed E-state index contributed by atoms with van der Waals surface area (Å²) >= 11 is 0.722. The quantitative estimate of drug-likeness (QED) is 0.387. The van der Waals surface area contributed by atoms with Gasteiger partial charge in [0, 0.05) is 12.5 Å². The standard InChI is InChI=1S/C19H17N3O7S/c1-2-29-15-6-4-3-5-13(15)21-18(25)16(30-19(21)26)10-17(24)20-12-8-7-11(22(27)28)9-14(12)23/h3-9,16,23H,2,10H2,1H3,(H,20,24). The zero-order valence-electron chi connectivity index (χ0n) is 15.7. The SMILES string of the molecule is CCOc1ccccc1N1C(=O)SC(CC(=O)Nc2ccc([N+](=O)[O-])cc2O)C1=O. The van der Waals surface area contributed by atoms with Crippen molar-refractivity contribution in [1.29, 1.82) is 0 Å². The number of nitrogens with one attached hydrogen (secondary N) is 1. The van der Waals surface area contributed by atoms with Gasteiger partial charge in [-0.25, -0.2) is 4.90 Å². The Bertz CT molecular complexity index is 1030. The number of benzene rings is 2. The van der Waals surface area contributed by atoms with Crippen molar-refractivity contribution in [2.45, 2.75) is 18.6 Å². The summed E-state index contributed by atoms with van der Waals surface area (Å²) in [6.07, 6.45) is -0.320. The number of carbonyl (C=O) groups excluding carboxylic acids is 3. The van der Waals surface area contributed by atoms with E-state index < -0.39 is 33.0 Å². The van der Waals surface area contributed by atoms with Gasteiger partial charge in [0.2, 0.25) is 11.8 Å². The third kappa shape index (κ3) is 4.35. The fraction of sp³-hybridized carbons (Fsp3) is 0.211. The molecule has 3 rings (SSSR count). The van der Waals surface area contributed by atoms with E-state index in [1.807, 2.05) is 0 Å². The monoisotopic (exact) mass is 431 g/mol. The normalized spacial score (nSPS) is 15.9. The number of hydrogen-bond donors (Lipinski definition) is 2. The number of non-ortho nitro benzene ring substituents is 1. The van der Waals surface area contributed by atoms with Gasteiger partial charge >= 0.3 is 0 Å². The lowest BCUT2D eigenvalue weighted by atomic mass is 10.2. The number of rotatable bonds is 7. The van der Waals surface area contributed by atoms with Crippen molar-refractivity contribution in [1.82, 2.24) is 0 Å². The van der Waals surface area contributed by atoms with E-state index in [1.165, 1.54) is 6.07 Å².